The van der Waals surface area contributed by atoms with Crippen molar-refractivity contribution < 1.29 is 28.6 Å². The van der Waals surface area contributed by atoms with Crippen molar-refractivity contribution >= 4 is 17.9 Å². The van der Waals surface area contributed by atoms with E-state index in [1.165, 1.54) is 103 Å². The Bertz CT molecular complexity index is 1680. The number of allylic oxidation sites excluding steroid dienone is 22. The van der Waals surface area contributed by atoms with E-state index in [-0.39, 0.29) is 31.1 Å². The summed E-state index contributed by atoms with van der Waals surface area (Å²) in [6.45, 7) is 6.39. The van der Waals surface area contributed by atoms with Gasteiger partial charge in [0.05, 0.1) is 0 Å². The molecule has 0 radical (unpaired) electrons. The van der Waals surface area contributed by atoms with Gasteiger partial charge in [-0.25, -0.2) is 0 Å². The maximum absolute atomic E-state index is 12.9. The maximum atomic E-state index is 12.9. The van der Waals surface area contributed by atoms with Crippen LogP contribution in [0.2, 0.25) is 0 Å². The molecule has 0 fully saturated rings. The minimum Gasteiger partial charge on any atom is -0.462 e. The molecule has 6 nitrogen and oxygen atoms in total. The van der Waals surface area contributed by atoms with Gasteiger partial charge in [-0.05, 0) is 135 Å². The molecule has 79 heavy (non-hydrogen) atoms. The molecule has 0 amide bonds. The van der Waals surface area contributed by atoms with Gasteiger partial charge in [0.25, 0.3) is 0 Å². The standard InChI is InChI=1S/C73H120O6/c1-4-7-10-13-16-19-22-25-28-31-34-35-36-37-40-42-45-48-51-54-57-60-63-66-72(75)78-69-70(79-73(76)67-64-61-58-55-52-49-46-43-39-33-30-27-24-21-18-15-12-9-6-3)68-77-71(74)65-62-59-56-53-50-47-44-41-38-32-29-26-23-20-17-14-11-8-5-2/h7,9-10,12,16,18-19,21,25-30,34-35,37,39-40,43,45,48,70H,4-6,8,11,13-15,17,20,22-24,31-33,36,38,41-42,44,46-47,49-69H2,1-3H3/b10-7-,12-9-,19-16-,21-18-,28-25-,29-26-,30-27-,35-34-,40-37-,43-39-,48-45-. The van der Waals surface area contributed by atoms with Gasteiger partial charge in [-0.1, -0.05) is 270 Å². The van der Waals surface area contributed by atoms with Gasteiger partial charge in [-0.2, -0.15) is 0 Å². The van der Waals surface area contributed by atoms with Crippen LogP contribution in [0.3, 0.4) is 0 Å². The van der Waals surface area contributed by atoms with Crippen molar-refractivity contribution in [3.8, 4) is 0 Å². The number of carbonyl (C=O) groups excluding carboxylic acids is 3. The number of carbonyl (C=O) groups is 3. The lowest BCUT2D eigenvalue weighted by Gasteiger charge is -2.18. The van der Waals surface area contributed by atoms with Crippen molar-refractivity contribution in [2.75, 3.05) is 13.2 Å². The number of unbranched alkanes of at least 4 members (excludes halogenated alkanes) is 25. The molecule has 0 bridgehead atoms. The molecule has 0 N–H and O–H groups in total. The lowest BCUT2D eigenvalue weighted by Crippen LogP contribution is -2.30. The van der Waals surface area contributed by atoms with E-state index in [1.54, 1.807) is 0 Å². The Balaban J connectivity index is 4.48. The van der Waals surface area contributed by atoms with Gasteiger partial charge in [0.2, 0.25) is 0 Å². The van der Waals surface area contributed by atoms with Crippen molar-refractivity contribution in [2.45, 2.75) is 297 Å². The molecule has 0 saturated heterocycles. The lowest BCUT2D eigenvalue weighted by atomic mass is 10.1. The third kappa shape index (κ3) is 64.3. The van der Waals surface area contributed by atoms with Crippen LogP contribution in [0, 0.1) is 0 Å². The Hall–Kier alpha value is -4.45. The molecule has 0 saturated carbocycles. The molecule has 0 rings (SSSR count). The van der Waals surface area contributed by atoms with Gasteiger partial charge < -0.3 is 14.2 Å². The van der Waals surface area contributed by atoms with Gasteiger partial charge >= 0.3 is 17.9 Å². The maximum Gasteiger partial charge on any atom is 0.306 e. The van der Waals surface area contributed by atoms with E-state index in [0.29, 0.717) is 19.3 Å². The topological polar surface area (TPSA) is 78.9 Å². The Morgan fingerprint density at radius 1 is 0.266 bits per heavy atom. The fourth-order valence-corrected chi connectivity index (χ4v) is 8.79. The van der Waals surface area contributed by atoms with E-state index in [4.69, 9.17) is 14.2 Å². The molecule has 1 unspecified atom stereocenters. The van der Waals surface area contributed by atoms with Gasteiger partial charge in [0.1, 0.15) is 13.2 Å². The highest BCUT2D eigenvalue weighted by Crippen LogP contribution is 2.15. The average molecular weight is 1090 g/mol. The molecule has 0 aliphatic carbocycles. The number of hydrogen-bond acceptors (Lipinski definition) is 6. The van der Waals surface area contributed by atoms with Crippen LogP contribution in [0.5, 0.6) is 0 Å². The first-order chi connectivity index (χ1) is 39.0. The monoisotopic (exact) mass is 1090 g/mol. The normalized spacial score (nSPS) is 13.0. The summed E-state index contributed by atoms with van der Waals surface area (Å²) in [5.74, 6) is -0.934. The quantitative estimate of drug-likeness (QED) is 0.0261. The van der Waals surface area contributed by atoms with Gasteiger partial charge in [-0.15, -0.1) is 0 Å². The first kappa shape index (κ1) is 74.5. The highest BCUT2D eigenvalue weighted by Gasteiger charge is 2.19. The van der Waals surface area contributed by atoms with E-state index < -0.39 is 6.10 Å². The number of rotatable bonds is 58. The fraction of sp³-hybridized carbons (Fsp3) is 0.658. The van der Waals surface area contributed by atoms with Gasteiger partial charge in [-0.3, -0.25) is 14.4 Å². The van der Waals surface area contributed by atoms with E-state index in [0.717, 1.165) is 148 Å². The van der Waals surface area contributed by atoms with Crippen LogP contribution in [0.15, 0.2) is 134 Å². The van der Waals surface area contributed by atoms with E-state index in [2.05, 4.69) is 154 Å². The summed E-state index contributed by atoms with van der Waals surface area (Å²) in [5, 5.41) is 0. The molecule has 6 heteroatoms. The molecular weight excluding hydrogens is 973 g/mol. The smallest absolute Gasteiger partial charge is 0.306 e. The molecule has 0 aromatic heterocycles. The second-order valence-electron chi connectivity index (χ2n) is 21.3. The summed E-state index contributed by atoms with van der Waals surface area (Å²) < 4.78 is 16.9. The van der Waals surface area contributed by atoms with E-state index >= 15 is 0 Å². The molecule has 448 valence electrons. The Kier molecular flexibility index (Phi) is 62.3. The minimum atomic E-state index is -0.804. The Morgan fingerprint density at radius 3 is 0.785 bits per heavy atom. The third-order valence-corrected chi connectivity index (χ3v) is 13.6. The van der Waals surface area contributed by atoms with E-state index in [1.807, 2.05) is 0 Å². The average Bonchev–Trinajstić information content (AvgIpc) is 3.45. The number of esters is 3. The van der Waals surface area contributed by atoms with Crippen LogP contribution >= 0.6 is 0 Å². The van der Waals surface area contributed by atoms with Crippen molar-refractivity contribution in [3.63, 3.8) is 0 Å². The predicted molar refractivity (Wildman–Crippen MR) is 343 cm³/mol. The van der Waals surface area contributed by atoms with Crippen molar-refractivity contribution in [1.29, 1.82) is 0 Å². The Labute approximate surface area is 487 Å². The zero-order chi connectivity index (χ0) is 57.1. The summed E-state index contributed by atoms with van der Waals surface area (Å²) >= 11 is 0. The highest BCUT2D eigenvalue weighted by molar-refractivity contribution is 5.71. The third-order valence-electron chi connectivity index (χ3n) is 13.6. The summed E-state index contributed by atoms with van der Waals surface area (Å²) in [5.41, 5.74) is 0. The van der Waals surface area contributed by atoms with Crippen molar-refractivity contribution in [1.82, 2.24) is 0 Å². The van der Waals surface area contributed by atoms with Crippen LogP contribution in [0.4, 0.5) is 0 Å². The molecule has 0 aliphatic heterocycles. The molecular formula is C73H120O6. The summed E-state index contributed by atoms with van der Waals surface area (Å²) in [6, 6.07) is 0. The number of hydrogen-bond donors (Lipinski definition) is 0. The second kappa shape index (κ2) is 66.1. The number of ether oxygens (including phenoxy) is 3. The molecule has 0 spiro atoms. The van der Waals surface area contributed by atoms with E-state index in [9.17, 15) is 14.4 Å². The Morgan fingerprint density at radius 2 is 0.494 bits per heavy atom. The second-order valence-corrected chi connectivity index (χ2v) is 21.3. The molecule has 0 aliphatic rings. The van der Waals surface area contributed by atoms with Crippen LogP contribution < -0.4 is 0 Å². The summed E-state index contributed by atoms with van der Waals surface area (Å²) in [6.07, 6.45) is 93.0. The minimum absolute atomic E-state index is 0.0966. The SMILES string of the molecule is CC/C=C\C/C=C\C/C=C\C/C=C\C/C=C\C/C=C\CCCCCCC(=O)OCC(COC(=O)CCCCCCCCCCC/C=C\CCCCCCCC)OC(=O)CCCCCCCC/C=C\C/C=C\C/C=C\C/C=C\CC. The predicted octanol–water partition coefficient (Wildman–Crippen LogP) is 22.5. The van der Waals surface area contributed by atoms with Crippen LogP contribution in [-0.4, -0.2) is 37.2 Å². The molecule has 0 aromatic carbocycles. The van der Waals surface area contributed by atoms with Crippen LogP contribution in [0.1, 0.15) is 290 Å². The highest BCUT2D eigenvalue weighted by atomic mass is 16.6. The molecule has 1 atom stereocenters. The lowest BCUT2D eigenvalue weighted by molar-refractivity contribution is -0.167. The van der Waals surface area contributed by atoms with Crippen LogP contribution in [0.25, 0.3) is 0 Å². The zero-order valence-electron chi connectivity index (χ0n) is 51.3. The largest absolute Gasteiger partial charge is 0.462 e. The molecule has 0 aromatic rings. The zero-order valence-corrected chi connectivity index (χ0v) is 51.3. The van der Waals surface area contributed by atoms with Crippen LogP contribution in [-0.2, 0) is 28.6 Å². The summed E-state index contributed by atoms with van der Waals surface area (Å²) in [4.78, 5) is 38.4. The fourth-order valence-electron chi connectivity index (χ4n) is 8.79. The molecule has 0 heterocycles. The van der Waals surface area contributed by atoms with Crippen molar-refractivity contribution in [2.24, 2.45) is 0 Å². The van der Waals surface area contributed by atoms with Gasteiger partial charge in [0, 0.05) is 19.3 Å². The van der Waals surface area contributed by atoms with Crippen molar-refractivity contribution in [3.05, 3.63) is 134 Å². The van der Waals surface area contributed by atoms with Gasteiger partial charge in [0.15, 0.2) is 6.10 Å². The first-order valence-electron chi connectivity index (χ1n) is 32.7. The summed E-state index contributed by atoms with van der Waals surface area (Å²) in [7, 11) is 0. The first-order valence-corrected chi connectivity index (χ1v) is 32.7.